The number of hydrogen-bond acceptors (Lipinski definition) is 3. The fourth-order valence-electron chi connectivity index (χ4n) is 10.2. The Kier molecular flexibility index (Phi) is 8.50. The van der Waals surface area contributed by atoms with Crippen LogP contribution in [0.5, 0.6) is 0 Å². The second kappa shape index (κ2) is 15.0. The molecule has 0 radical (unpaired) electrons. The highest BCUT2D eigenvalue weighted by molar-refractivity contribution is 6.23. The van der Waals surface area contributed by atoms with E-state index in [1.54, 1.807) is 0 Å². The summed E-state index contributed by atoms with van der Waals surface area (Å²) >= 11 is 0. The molecule has 0 bridgehead atoms. The van der Waals surface area contributed by atoms with Gasteiger partial charge < -0.3 is 4.57 Å². The second-order valence-corrected chi connectivity index (χ2v) is 16.7. The summed E-state index contributed by atoms with van der Waals surface area (Å²) in [6.07, 6.45) is 0. The Morgan fingerprint density at radius 2 is 0.815 bits per heavy atom. The molecule has 0 saturated heterocycles. The Balaban J connectivity index is 1.09. The van der Waals surface area contributed by atoms with Gasteiger partial charge in [-0.3, -0.25) is 0 Å². The summed E-state index contributed by atoms with van der Waals surface area (Å²) in [4.78, 5) is 16.4. The lowest BCUT2D eigenvalue weighted by molar-refractivity contribution is 1.08. The van der Waals surface area contributed by atoms with E-state index in [9.17, 15) is 0 Å². The van der Waals surface area contributed by atoms with Gasteiger partial charge in [-0.25, -0.2) is 15.0 Å². The van der Waals surface area contributed by atoms with Gasteiger partial charge in [-0.2, -0.15) is 0 Å². The van der Waals surface area contributed by atoms with Gasteiger partial charge >= 0.3 is 0 Å². The van der Waals surface area contributed by atoms with Gasteiger partial charge in [0.15, 0.2) is 17.5 Å². The highest BCUT2D eigenvalue weighted by Crippen LogP contribution is 2.45. The summed E-state index contributed by atoms with van der Waals surface area (Å²) in [5.41, 5.74) is 10.7. The third-order valence-electron chi connectivity index (χ3n) is 13.0. The zero-order chi connectivity index (χ0) is 42.8. The van der Waals surface area contributed by atoms with Crippen molar-refractivity contribution in [2.45, 2.75) is 0 Å². The highest BCUT2D eigenvalue weighted by atomic mass is 15.0. The largest absolute Gasteiger partial charge is 0.309 e. The number of aromatic nitrogens is 4. The molecular formula is C61H38N4. The predicted octanol–water partition coefficient (Wildman–Crippen LogP) is 15.9. The number of nitrogens with zero attached hydrogens (tertiary/aromatic N) is 4. The molecule has 13 aromatic rings. The Labute approximate surface area is 375 Å². The van der Waals surface area contributed by atoms with Crippen LogP contribution in [0.4, 0.5) is 0 Å². The first-order chi connectivity index (χ1) is 32.3. The Hall–Kier alpha value is -8.73. The van der Waals surface area contributed by atoms with Crippen LogP contribution in [-0.2, 0) is 0 Å². The van der Waals surface area contributed by atoms with Crippen molar-refractivity contribution < 1.29 is 0 Å². The van der Waals surface area contributed by atoms with Crippen LogP contribution in [0.2, 0.25) is 0 Å². The SMILES string of the molecule is c1ccc(-c2ccccc2-c2nc(-c3ccc(-c4c5ccccc5cc5c4ccc4ccccc45)c4ccccc34)nc(-c3cccc4c3c3ccccc3n4-c3ccccc3)n2)cc1. The van der Waals surface area contributed by atoms with E-state index < -0.39 is 0 Å². The van der Waals surface area contributed by atoms with Crippen molar-refractivity contribution in [2.24, 2.45) is 0 Å². The Morgan fingerprint density at radius 3 is 1.60 bits per heavy atom. The van der Waals surface area contributed by atoms with Crippen molar-refractivity contribution in [3.8, 4) is 62.1 Å². The molecule has 0 saturated carbocycles. The summed E-state index contributed by atoms with van der Waals surface area (Å²) in [6.45, 7) is 0. The molecule has 0 unspecified atom stereocenters. The topological polar surface area (TPSA) is 43.6 Å². The van der Waals surface area contributed by atoms with E-state index in [0.717, 1.165) is 66.1 Å². The van der Waals surface area contributed by atoms with Crippen molar-refractivity contribution in [1.29, 1.82) is 0 Å². The molecule has 13 rings (SSSR count). The molecule has 302 valence electrons. The molecule has 65 heavy (non-hydrogen) atoms. The first kappa shape index (κ1) is 36.9. The first-order valence-electron chi connectivity index (χ1n) is 22.1. The summed E-state index contributed by atoms with van der Waals surface area (Å²) in [5.74, 6) is 1.86. The van der Waals surface area contributed by atoms with Gasteiger partial charge in [-0.15, -0.1) is 0 Å². The van der Waals surface area contributed by atoms with E-state index in [4.69, 9.17) is 15.0 Å². The molecule has 0 spiro atoms. The monoisotopic (exact) mass is 826 g/mol. The van der Waals surface area contributed by atoms with Gasteiger partial charge in [0.1, 0.15) is 0 Å². The van der Waals surface area contributed by atoms with Gasteiger partial charge in [0.2, 0.25) is 0 Å². The van der Waals surface area contributed by atoms with E-state index in [1.807, 2.05) is 0 Å². The van der Waals surface area contributed by atoms with Gasteiger partial charge in [0.25, 0.3) is 0 Å². The average Bonchev–Trinajstić information content (AvgIpc) is 3.73. The molecule has 0 atom stereocenters. The second-order valence-electron chi connectivity index (χ2n) is 16.7. The Morgan fingerprint density at radius 1 is 0.277 bits per heavy atom. The molecular weight excluding hydrogens is 789 g/mol. The predicted molar refractivity (Wildman–Crippen MR) is 271 cm³/mol. The summed E-state index contributed by atoms with van der Waals surface area (Å²) in [6, 6.07) is 82.2. The molecule has 2 heterocycles. The maximum atomic E-state index is 5.50. The maximum Gasteiger partial charge on any atom is 0.164 e. The Bertz CT molecular complexity index is 4000. The minimum absolute atomic E-state index is 0.619. The van der Waals surface area contributed by atoms with Crippen LogP contribution in [-0.4, -0.2) is 19.5 Å². The molecule has 0 aliphatic rings. The number of hydrogen-bond donors (Lipinski definition) is 0. The number of para-hydroxylation sites is 2. The lowest BCUT2D eigenvalue weighted by Crippen LogP contribution is -2.02. The van der Waals surface area contributed by atoms with E-state index in [2.05, 4.69) is 235 Å². The van der Waals surface area contributed by atoms with Gasteiger partial charge in [-0.1, -0.05) is 194 Å². The third-order valence-corrected chi connectivity index (χ3v) is 13.0. The van der Waals surface area contributed by atoms with E-state index >= 15 is 0 Å². The smallest absolute Gasteiger partial charge is 0.164 e. The normalized spacial score (nSPS) is 11.7. The molecule has 4 heteroatoms. The van der Waals surface area contributed by atoms with Crippen molar-refractivity contribution in [2.75, 3.05) is 0 Å². The third kappa shape index (κ3) is 5.96. The van der Waals surface area contributed by atoms with Crippen LogP contribution in [0, 0.1) is 0 Å². The summed E-state index contributed by atoms with van der Waals surface area (Å²) < 4.78 is 2.34. The fourth-order valence-corrected chi connectivity index (χ4v) is 10.2. The minimum Gasteiger partial charge on any atom is -0.309 e. The van der Waals surface area contributed by atoms with Crippen molar-refractivity contribution >= 4 is 64.9 Å². The number of fused-ring (bicyclic) bond motifs is 8. The standard InChI is InChI=1S/C61H38N4/c1-3-18-39(19-4-1)43-24-11-14-29-50(43)59-62-60(64-61(63-59)53-31-17-33-56-58(53)52-30-15-16-32-55(52)65(56)42-22-5-2-6-23-42)51-37-36-48(46-27-12-13-28-47(46)51)57-45-26-10-8-21-41(45)38-54-44-25-9-7-20-40(44)34-35-49(54)57/h1-38H. The van der Waals surface area contributed by atoms with Gasteiger partial charge in [-0.05, 0) is 102 Å². The van der Waals surface area contributed by atoms with Gasteiger partial charge in [0.05, 0.1) is 11.0 Å². The van der Waals surface area contributed by atoms with Crippen LogP contribution in [0.1, 0.15) is 0 Å². The maximum absolute atomic E-state index is 5.50. The average molecular weight is 827 g/mol. The van der Waals surface area contributed by atoms with Crippen LogP contribution in [0.3, 0.4) is 0 Å². The highest BCUT2D eigenvalue weighted by Gasteiger charge is 2.23. The zero-order valence-electron chi connectivity index (χ0n) is 35.2. The molecule has 0 amide bonds. The first-order valence-corrected chi connectivity index (χ1v) is 22.1. The summed E-state index contributed by atoms with van der Waals surface area (Å²) in [5, 5.41) is 11.8. The molecule has 0 aliphatic heterocycles. The lowest BCUT2D eigenvalue weighted by Gasteiger charge is -2.17. The fraction of sp³-hybridized carbons (Fsp3) is 0. The van der Waals surface area contributed by atoms with E-state index in [1.165, 1.54) is 43.4 Å². The summed E-state index contributed by atoms with van der Waals surface area (Å²) in [7, 11) is 0. The molecule has 11 aromatic carbocycles. The molecule has 0 fully saturated rings. The van der Waals surface area contributed by atoms with E-state index in [0.29, 0.717) is 17.5 Å². The zero-order valence-corrected chi connectivity index (χ0v) is 35.2. The van der Waals surface area contributed by atoms with Gasteiger partial charge in [0, 0.05) is 33.2 Å². The molecule has 2 aromatic heterocycles. The van der Waals surface area contributed by atoms with Crippen LogP contribution >= 0.6 is 0 Å². The quantitative estimate of drug-likeness (QED) is 0.124. The number of benzene rings is 11. The van der Waals surface area contributed by atoms with Crippen molar-refractivity contribution in [3.05, 3.63) is 231 Å². The van der Waals surface area contributed by atoms with Crippen molar-refractivity contribution in [3.63, 3.8) is 0 Å². The molecule has 0 aliphatic carbocycles. The van der Waals surface area contributed by atoms with Crippen molar-refractivity contribution in [1.82, 2.24) is 19.5 Å². The minimum atomic E-state index is 0.619. The van der Waals surface area contributed by atoms with Crippen LogP contribution < -0.4 is 0 Å². The van der Waals surface area contributed by atoms with Crippen LogP contribution in [0.15, 0.2) is 231 Å². The lowest BCUT2D eigenvalue weighted by atomic mass is 9.87. The van der Waals surface area contributed by atoms with Crippen LogP contribution in [0.25, 0.3) is 127 Å². The number of rotatable bonds is 6. The molecule has 4 nitrogen and oxygen atoms in total. The molecule has 0 N–H and O–H groups in total. The van der Waals surface area contributed by atoms with E-state index in [-0.39, 0.29) is 0 Å².